The quantitative estimate of drug-likeness (QED) is 0.749. The van der Waals surface area contributed by atoms with Crippen molar-refractivity contribution < 1.29 is 9.59 Å². The van der Waals surface area contributed by atoms with E-state index in [1.165, 1.54) is 6.92 Å². The fourth-order valence-electron chi connectivity index (χ4n) is 1.62. The molecule has 2 N–H and O–H groups in total. The fraction of sp³-hybridized carbons (Fsp3) is 0.273. The van der Waals surface area contributed by atoms with Crippen molar-refractivity contribution >= 4 is 17.5 Å². The van der Waals surface area contributed by atoms with Crippen LogP contribution >= 0.6 is 0 Å². The standard InChI is InChI=1S/C11H12N2O2/c1-7(14)12-6-8-2-3-10-9(4-8)5-11(15)13-10/h2-4H,5-6H2,1H3,(H,12,14)(H,13,15). The minimum absolute atomic E-state index is 0.0293. The molecule has 0 spiro atoms. The molecule has 1 aromatic rings. The van der Waals surface area contributed by atoms with E-state index in [9.17, 15) is 9.59 Å². The van der Waals surface area contributed by atoms with Gasteiger partial charge in [-0.15, -0.1) is 0 Å². The van der Waals surface area contributed by atoms with Gasteiger partial charge in [0.15, 0.2) is 0 Å². The van der Waals surface area contributed by atoms with Crippen LogP contribution in [0.4, 0.5) is 5.69 Å². The summed E-state index contributed by atoms with van der Waals surface area (Å²) in [5.41, 5.74) is 2.90. The maximum Gasteiger partial charge on any atom is 0.228 e. The lowest BCUT2D eigenvalue weighted by Gasteiger charge is -2.04. The van der Waals surface area contributed by atoms with Gasteiger partial charge in [-0.05, 0) is 17.2 Å². The summed E-state index contributed by atoms with van der Waals surface area (Å²) in [6, 6.07) is 5.72. The van der Waals surface area contributed by atoms with E-state index in [-0.39, 0.29) is 11.8 Å². The lowest BCUT2D eigenvalue weighted by atomic mass is 10.1. The normalized spacial score (nSPS) is 13.3. The monoisotopic (exact) mass is 204 g/mol. The number of benzene rings is 1. The SMILES string of the molecule is CC(=O)NCc1ccc2c(c1)CC(=O)N2. The summed E-state index contributed by atoms with van der Waals surface area (Å²) in [6.07, 6.45) is 0.434. The van der Waals surface area contributed by atoms with Crippen molar-refractivity contribution in [2.75, 3.05) is 5.32 Å². The van der Waals surface area contributed by atoms with Crippen LogP contribution in [-0.2, 0) is 22.6 Å². The van der Waals surface area contributed by atoms with E-state index in [1.54, 1.807) is 0 Å². The maximum atomic E-state index is 11.1. The lowest BCUT2D eigenvalue weighted by molar-refractivity contribution is -0.119. The van der Waals surface area contributed by atoms with Crippen LogP contribution in [0.1, 0.15) is 18.1 Å². The van der Waals surface area contributed by atoms with Crippen LogP contribution in [0.2, 0.25) is 0 Å². The zero-order chi connectivity index (χ0) is 10.8. The van der Waals surface area contributed by atoms with Crippen LogP contribution in [-0.4, -0.2) is 11.8 Å². The van der Waals surface area contributed by atoms with E-state index in [2.05, 4.69) is 10.6 Å². The smallest absolute Gasteiger partial charge is 0.228 e. The molecule has 1 aliphatic rings. The third kappa shape index (κ3) is 2.15. The Bertz CT molecular complexity index is 427. The third-order valence-corrected chi connectivity index (χ3v) is 2.34. The number of anilines is 1. The minimum atomic E-state index is -0.0512. The minimum Gasteiger partial charge on any atom is -0.352 e. The second-order valence-corrected chi connectivity index (χ2v) is 3.63. The zero-order valence-corrected chi connectivity index (χ0v) is 8.46. The predicted molar refractivity (Wildman–Crippen MR) is 56.3 cm³/mol. The van der Waals surface area contributed by atoms with E-state index in [4.69, 9.17) is 0 Å². The van der Waals surface area contributed by atoms with E-state index >= 15 is 0 Å². The Balaban J connectivity index is 2.13. The molecule has 78 valence electrons. The van der Waals surface area contributed by atoms with E-state index < -0.39 is 0 Å². The summed E-state index contributed by atoms with van der Waals surface area (Å²) >= 11 is 0. The van der Waals surface area contributed by atoms with Gasteiger partial charge in [-0.3, -0.25) is 9.59 Å². The second kappa shape index (κ2) is 3.73. The number of rotatable bonds is 2. The van der Waals surface area contributed by atoms with Crippen molar-refractivity contribution in [1.82, 2.24) is 5.32 Å². The molecule has 2 rings (SSSR count). The molecule has 0 atom stereocenters. The summed E-state index contributed by atoms with van der Waals surface area (Å²) < 4.78 is 0. The number of amides is 2. The van der Waals surface area contributed by atoms with Crippen molar-refractivity contribution in [2.24, 2.45) is 0 Å². The second-order valence-electron chi connectivity index (χ2n) is 3.63. The lowest BCUT2D eigenvalue weighted by Crippen LogP contribution is -2.18. The summed E-state index contributed by atoms with van der Waals surface area (Å²) in [7, 11) is 0. The summed E-state index contributed by atoms with van der Waals surface area (Å²) in [5.74, 6) is -0.0219. The zero-order valence-electron chi connectivity index (χ0n) is 8.46. The largest absolute Gasteiger partial charge is 0.352 e. The molecule has 2 amide bonds. The average molecular weight is 204 g/mol. The number of fused-ring (bicyclic) bond motifs is 1. The van der Waals surface area contributed by atoms with Gasteiger partial charge in [-0.1, -0.05) is 12.1 Å². The van der Waals surface area contributed by atoms with Gasteiger partial charge in [0.05, 0.1) is 6.42 Å². The molecule has 1 heterocycles. The number of carbonyl (C=O) groups excluding carboxylic acids is 2. The summed E-state index contributed by atoms with van der Waals surface area (Å²) in [4.78, 5) is 21.8. The molecular formula is C11H12N2O2. The molecule has 0 unspecified atom stereocenters. The van der Waals surface area contributed by atoms with Crippen LogP contribution in [0, 0.1) is 0 Å². The molecule has 0 aromatic heterocycles. The fourth-order valence-corrected chi connectivity index (χ4v) is 1.62. The van der Waals surface area contributed by atoms with Gasteiger partial charge in [-0.2, -0.15) is 0 Å². The Hall–Kier alpha value is -1.84. The molecule has 4 heteroatoms. The molecule has 0 saturated heterocycles. The van der Waals surface area contributed by atoms with Crippen molar-refractivity contribution in [3.05, 3.63) is 29.3 Å². The topological polar surface area (TPSA) is 58.2 Å². The highest BCUT2D eigenvalue weighted by Crippen LogP contribution is 2.23. The first-order valence-electron chi connectivity index (χ1n) is 4.81. The number of hydrogen-bond acceptors (Lipinski definition) is 2. The van der Waals surface area contributed by atoms with Gasteiger partial charge >= 0.3 is 0 Å². The number of carbonyl (C=O) groups is 2. The van der Waals surface area contributed by atoms with Gasteiger partial charge in [0, 0.05) is 19.2 Å². The van der Waals surface area contributed by atoms with Crippen LogP contribution < -0.4 is 10.6 Å². The van der Waals surface area contributed by atoms with Crippen LogP contribution in [0.25, 0.3) is 0 Å². The highest BCUT2D eigenvalue weighted by atomic mass is 16.2. The first-order valence-corrected chi connectivity index (χ1v) is 4.81. The molecule has 15 heavy (non-hydrogen) atoms. The van der Waals surface area contributed by atoms with Crippen LogP contribution in [0.5, 0.6) is 0 Å². The van der Waals surface area contributed by atoms with E-state index in [0.717, 1.165) is 16.8 Å². The molecule has 1 aromatic carbocycles. The Morgan fingerprint density at radius 1 is 1.53 bits per heavy atom. The third-order valence-electron chi connectivity index (χ3n) is 2.34. The Kier molecular flexibility index (Phi) is 2.41. The van der Waals surface area contributed by atoms with Gasteiger partial charge in [0.2, 0.25) is 11.8 Å². The van der Waals surface area contributed by atoms with Crippen molar-refractivity contribution in [3.63, 3.8) is 0 Å². The predicted octanol–water partition coefficient (Wildman–Crippen LogP) is 0.817. The van der Waals surface area contributed by atoms with E-state index in [0.29, 0.717) is 13.0 Å². The van der Waals surface area contributed by atoms with Crippen molar-refractivity contribution in [1.29, 1.82) is 0 Å². The molecule has 0 aliphatic carbocycles. The summed E-state index contributed by atoms with van der Waals surface area (Å²) in [6.45, 7) is 2.00. The summed E-state index contributed by atoms with van der Waals surface area (Å²) in [5, 5.41) is 5.48. The Morgan fingerprint density at radius 2 is 2.33 bits per heavy atom. The van der Waals surface area contributed by atoms with Gasteiger partial charge < -0.3 is 10.6 Å². The van der Waals surface area contributed by atoms with Gasteiger partial charge in [0.1, 0.15) is 0 Å². The Labute approximate surface area is 87.7 Å². The Morgan fingerprint density at radius 3 is 3.07 bits per heavy atom. The van der Waals surface area contributed by atoms with Gasteiger partial charge in [-0.25, -0.2) is 0 Å². The molecule has 0 radical (unpaired) electrons. The molecule has 4 nitrogen and oxygen atoms in total. The number of hydrogen-bond donors (Lipinski definition) is 2. The van der Waals surface area contributed by atoms with Crippen LogP contribution in [0.15, 0.2) is 18.2 Å². The first kappa shape index (κ1) is 9.71. The molecular weight excluding hydrogens is 192 g/mol. The maximum absolute atomic E-state index is 11.1. The van der Waals surface area contributed by atoms with Crippen molar-refractivity contribution in [2.45, 2.75) is 19.9 Å². The van der Waals surface area contributed by atoms with Crippen LogP contribution in [0.3, 0.4) is 0 Å². The molecule has 1 aliphatic heterocycles. The average Bonchev–Trinajstić information content (AvgIpc) is 2.53. The molecule has 0 bridgehead atoms. The molecule has 0 fully saturated rings. The number of nitrogens with one attached hydrogen (secondary N) is 2. The van der Waals surface area contributed by atoms with Crippen molar-refractivity contribution in [3.8, 4) is 0 Å². The highest BCUT2D eigenvalue weighted by Gasteiger charge is 2.17. The highest BCUT2D eigenvalue weighted by molar-refractivity contribution is 5.99. The van der Waals surface area contributed by atoms with Gasteiger partial charge in [0.25, 0.3) is 0 Å². The van der Waals surface area contributed by atoms with E-state index in [1.807, 2.05) is 18.2 Å². The molecule has 0 saturated carbocycles. The first-order chi connectivity index (χ1) is 7.15.